The number of nitrogens with two attached hydrogens (primary N) is 1. The van der Waals surface area contributed by atoms with Gasteiger partial charge in [-0.15, -0.1) is 0 Å². The van der Waals surface area contributed by atoms with Gasteiger partial charge in [-0.05, 0) is 17.7 Å². The summed E-state index contributed by atoms with van der Waals surface area (Å²) in [5.74, 6) is -2.89. The molecule has 0 spiro atoms. The lowest BCUT2D eigenvalue weighted by atomic mass is 10.1. The summed E-state index contributed by atoms with van der Waals surface area (Å²) in [6.45, 7) is -0.673. The zero-order chi connectivity index (χ0) is 10.8. The molecule has 0 amide bonds. The van der Waals surface area contributed by atoms with Crippen molar-refractivity contribution < 1.29 is 8.78 Å². The molecular weight excluding hydrogens is 231 g/mol. The highest BCUT2D eigenvalue weighted by atomic mass is 35.5. The third-order valence-corrected chi connectivity index (χ3v) is 2.48. The van der Waals surface area contributed by atoms with E-state index < -0.39 is 18.9 Å². The third-order valence-electron chi connectivity index (χ3n) is 1.75. The van der Waals surface area contributed by atoms with Gasteiger partial charge in [-0.2, -0.15) is 0 Å². The number of halogens is 4. The fourth-order valence-corrected chi connectivity index (χ4v) is 1.34. The van der Waals surface area contributed by atoms with Crippen LogP contribution >= 0.6 is 23.2 Å². The van der Waals surface area contributed by atoms with E-state index in [-0.39, 0.29) is 5.02 Å². The summed E-state index contributed by atoms with van der Waals surface area (Å²) in [4.78, 5) is 0. The van der Waals surface area contributed by atoms with Gasteiger partial charge in [0.05, 0.1) is 16.6 Å². The minimum absolute atomic E-state index is 0.275. The molecule has 0 aliphatic heterocycles. The van der Waals surface area contributed by atoms with Crippen molar-refractivity contribution in [3.05, 3.63) is 33.8 Å². The summed E-state index contributed by atoms with van der Waals surface area (Å²) in [5, 5.41) is 0.628. The molecule has 0 saturated carbocycles. The normalized spacial score (nSPS) is 11.8. The van der Waals surface area contributed by atoms with Crippen molar-refractivity contribution in [2.24, 2.45) is 5.73 Å². The van der Waals surface area contributed by atoms with Crippen LogP contribution in [0, 0.1) is 0 Å². The fraction of sp³-hybridized carbons (Fsp3) is 0.333. The molecule has 0 atom stereocenters. The quantitative estimate of drug-likeness (QED) is 0.862. The Hall–Kier alpha value is -0.380. The van der Waals surface area contributed by atoms with Crippen LogP contribution < -0.4 is 5.73 Å². The largest absolute Gasteiger partial charge is 0.325 e. The number of hydrogen-bond acceptors (Lipinski definition) is 1. The minimum atomic E-state index is -2.89. The number of alkyl halides is 2. The van der Waals surface area contributed by atoms with Crippen molar-refractivity contribution in [3.8, 4) is 0 Å². The monoisotopic (exact) mass is 239 g/mol. The van der Waals surface area contributed by atoms with Crippen LogP contribution in [0.5, 0.6) is 0 Å². The molecule has 1 aromatic carbocycles. The maximum Gasteiger partial charge on any atom is 0.264 e. The van der Waals surface area contributed by atoms with E-state index in [1.807, 2.05) is 0 Å². The maximum atomic E-state index is 12.9. The van der Waals surface area contributed by atoms with E-state index in [2.05, 4.69) is 0 Å². The van der Waals surface area contributed by atoms with Gasteiger partial charge in [0.1, 0.15) is 0 Å². The van der Waals surface area contributed by atoms with Crippen LogP contribution in [0.15, 0.2) is 18.2 Å². The molecule has 5 heteroatoms. The average molecular weight is 240 g/mol. The van der Waals surface area contributed by atoms with Gasteiger partial charge in [0.25, 0.3) is 5.92 Å². The van der Waals surface area contributed by atoms with Crippen LogP contribution in [-0.4, -0.2) is 12.5 Å². The van der Waals surface area contributed by atoms with E-state index in [9.17, 15) is 8.78 Å². The lowest BCUT2D eigenvalue weighted by Gasteiger charge is -2.13. The first-order valence-electron chi connectivity index (χ1n) is 3.96. The van der Waals surface area contributed by atoms with Crippen LogP contribution in [-0.2, 0) is 6.42 Å². The first-order chi connectivity index (χ1) is 6.44. The molecule has 0 saturated heterocycles. The molecule has 14 heavy (non-hydrogen) atoms. The van der Waals surface area contributed by atoms with Crippen LogP contribution in [0.3, 0.4) is 0 Å². The second-order valence-electron chi connectivity index (χ2n) is 2.99. The van der Waals surface area contributed by atoms with Crippen molar-refractivity contribution in [3.63, 3.8) is 0 Å². The van der Waals surface area contributed by atoms with Gasteiger partial charge >= 0.3 is 0 Å². The second-order valence-corrected chi connectivity index (χ2v) is 3.80. The lowest BCUT2D eigenvalue weighted by Crippen LogP contribution is -2.30. The average Bonchev–Trinajstić information content (AvgIpc) is 2.11. The van der Waals surface area contributed by atoms with Gasteiger partial charge in [0.2, 0.25) is 0 Å². The van der Waals surface area contributed by atoms with E-state index in [1.165, 1.54) is 18.2 Å². The zero-order valence-electron chi connectivity index (χ0n) is 7.24. The molecule has 0 aliphatic rings. The first-order valence-corrected chi connectivity index (χ1v) is 4.72. The third kappa shape index (κ3) is 3.08. The molecule has 0 bridgehead atoms. The molecule has 0 aliphatic carbocycles. The van der Waals surface area contributed by atoms with Crippen molar-refractivity contribution >= 4 is 23.2 Å². The lowest BCUT2D eigenvalue weighted by molar-refractivity contribution is 0.0115. The van der Waals surface area contributed by atoms with Crippen LogP contribution in [0.2, 0.25) is 10.0 Å². The molecule has 0 radical (unpaired) electrons. The van der Waals surface area contributed by atoms with Crippen LogP contribution in [0.4, 0.5) is 8.78 Å². The summed E-state index contributed by atoms with van der Waals surface area (Å²) in [7, 11) is 0. The van der Waals surface area contributed by atoms with Gasteiger partial charge in [-0.3, -0.25) is 0 Å². The van der Waals surface area contributed by atoms with Crippen molar-refractivity contribution in [1.82, 2.24) is 0 Å². The molecule has 78 valence electrons. The summed E-state index contributed by atoms with van der Waals surface area (Å²) >= 11 is 11.3. The Balaban J connectivity index is 2.83. The Kier molecular flexibility index (Phi) is 3.70. The van der Waals surface area contributed by atoms with Crippen LogP contribution in [0.1, 0.15) is 5.56 Å². The molecule has 0 fully saturated rings. The summed E-state index contributed by atoms with van der Waals surface area (Å²) in [6.07, 6.45) is -0.416. The van der Waals surface area contributed by atoms with E-state index in [0.717, 1.165) is 0 Å². The second kappa shape index (κ2) is 4.43. The molecule has 0 heterocycles. The molecule has 1 rings (SSSR count). The van der Waals surface area contributed by atoms with Gasteiger partial charge in [0, 0.05) is 6.42 Å². The minimum Gasteiger partial charge on any atom is -0.325 e. The zero-order valence-corrected chi connectivity index (χ0v) is 8.75. The standard InChI is InChI=1S/C9H9Cl2F2N/c10-7-2-1-6(3-8(7)11)4-9(12,13)5-14/h1-3H,4-5,14H2. The fourth-order valence-electron chi connectivity index (χ4n) is 1.02. The molecule has 0 aromatic heterocycles. The highest BCUT2D eigenvalue weighted by Gasteiger charge is 2.27. The topological polar surface area (TPSA) is 26.0 Å². The predicted octanol–water partition coefficient (Wildman–Crippen LogP) is 3.13. The van der Waals surface area contributed by atoms with Gasteiger partial charge in [0.15, 0.2) is 0 Å². The highest BCUT2D eigenvalue weighted by molar-refractivity contribution is 6.42. The van der Waals surface area contributed by atoms with E-state index >= 15 is 0 Å². The van der Waals surface area contributed by atoms with E-state index in [1.54, 1.807) is 0 Å². The van der Waals surface area contributed by atoms with Gasteiger partial charge in [-0.25, -0.2) is 8.78 Å². The number of benzene rings is 1. The Morgan fingerprint density at radius 2 is 1.86 bits per heavy atom. The van der Waals surface area contributed by atoms with Gasteiger partial charge < -0.3 is 5.73 Å². The Labute approximate surface area is 90.8 Å². The summed E-state index contributed by atoms with van der Waals surface area (Å²) in [5.41, 5.74) is 5.34. The van der Waals surface area contributed by atoms with Gasteiger partial charge in [-0.1, -0.05) is 29.3 Å². The molecular formula is C9H9Cl2F2N. The predicted molar refractivity (Wildman–Crippen MR) is 54.2 cm³/mol. The van der Waals surface area contributed by atoms with Crippen molar-refractivity contribution in [1.29, 1.82) is 0 Å². The highest BCUT2D eigenvalue weighted by Crippen LogP contribution is 2.26. The SMILES string of the molecule is NCC(F)(F)Cc1ccc(Cl)c(Cl)c1. The molecule has 1 aromatic rings. The Morgan fingerprint density at radius 1 is 1.21 bits per heavy atom. The van der Waals surface area contributed by atoms with Crippen molar-refractivity contribution in [2.45, 2.75) is 12.3 Å². The molecule has 0 unspecified atom stereocenters. The van der Waals surface area contributed by atoms with E-state index in [0.29, 0.717) is 10.6 Å². The first kappa shape index (κ1) is 11.7. The summed E-state index contributed by atoms with van der Waals surface area (Å²) < 4.78 is 25.7. The Bertz CT molecular complexity index is 329. The number of hydrogen-bond donors (Lipinski definition) is 1. The summed E-state index contributed by atoms with van der Waals surface area (Å²) in [6, 6.07) is 4.43. The Morgan fingerprint density at radius 3 is 2.36 bits per heavy atom. The smallest absolute Gasteiger partial charge is 0.264 e. The molecule has 2 N–H and O–H groups in total. The molecule has 1 nitrogen and oxygen atoms in total. The van der Waals surface area contributed by atoms with Crippen LogP contribution in [0.25, 0.3) is 0 Å². The van der Waals surface area contributed by atoms with Crippen molar-refractivity contribution in [2.75, 3.05) is 6.54 Å². The maximum absolute atomic E-state index is 12.9. The van der Waals surface area contributed by atoms with E-state index in [4.69, 9.17) is 28.9 Å². The number of rotatable bonds is 3.